The van der Waals surface area contributed by atoms with Crippen molar-refractivity contribution in [2.75, 3.05) is 6.54 Å². The van der Waals surface area contributed by atoms with Crippen molar-refractivity contribution < 1.29 is 14.8 Å². The van der Waals surface area contributed by atoms with Crippen molar-refractivity contribution in [3.8, 4) is 0 Å². The molecule has 2 amide bonds. The van der Waals surface area contributed by atoms with Gasteiger partial charge in [-0.2, -0.15) is 0 Å². The molecular formula is C18H24N4O3. The lowest BCUT2D eigenvalue weighted by atomic mass is 9.88. The molecule has 7 heteroatoms. The third-order valence-corrected chi connectivity index (χ3v) is 5.09. The molecule has 7 nitrogen and oxygen atoms in total. The van der Waals surface area contributed by atoms with Gasteiger partial charge in [-0.1, -0.05) is 19.9 Å². The van der Waals surface area contributed by atoms with Crippen molar-refractivity contribution in [3.05, 3.63) is 29.6 Å². The summed E-state index contributed by atoms with van der Waals surface area (Å²) in [6, 6.07) is 5.22. The number of amides is 2. The predicted octanol–water partition coefficient (Wildman–Crippen LogP) is 1.89. The number of nitrogens with one attached hydrogen (secondary N) is 2. The molecule has 3 rings (SSSR count). The number of aromatic nitrogens is 2. The number of hydrogen-bond donors (Lipinski definition) is 3. The van der Waals surface area contributed by atoms with Gasteiger partial charge in [0.25, 0.3) is 5.91 Å². The van der Waals surface area contributed by atoms with Crippen molar-refractivity contribution >= 4 is 22.8 Å². The van der Waals surface area contributed by atoms with E-state index in [4.69, 9.17) is 5.21 Å². The van der Waals surface area contributed by atoms with E-state index in [0.717, 1.165) is 16.6 Å². The monoisotopic (exact) mass is 344 g/mol. The first-order valence-electron chi connectivity index (χ1n) is 8.50. The van der Waals surface area contributed by atoms with Gasteiger partial charge in [0.1, 0.15) is 17.3 Å². The molecule has 1 saturated heterocycles. The van der Waals surface area contributed by atoms with E-state index in [9.17, 15) is 9.59 Å². The summed E-state index contributed by atoms with van der Waals surface area (Å²) in [5, 5.41) is 9.01. The number of carbonyl (C=O) groups is 2. The number of likely N-dealkylation sites (tertiary alicyclic amines) is 1. The van der Waals surface area contributed by atoms with Crippen LogP contribution in [0.3, 0.4) is 0 Å². The van der Waals surface area contributed by atoms with Gasteiger partial charge in [0.15, 0.2) is 0 Å². The number of aromatic amines is 1. The summed E-state index contributed by atoms with van der Waals surface area (Å²) in [5.74, 6) is -0.206. The summed E-state index contributed by atoms with van der Waals surface area (Å²) in [4.78, 5) is 34.6. The topological polar surface area (TPSA) is 98.3 Å². The number of H-pyrrole nitrogens is 1. The van der Waals surface area contributed by atoms with E-state index in [2.05, 4.69) is 9.97 Å². The zero-order chi connectivity index (χ0) is 18.4. The first-order valence-corrected chi connectivity index (χ1v) is 8.50. The highest BCUT2D eigenvalue weighted by Crippen LogP contribution is 2.36. The molecule has 1 aromatic carbocycles. The lowest BCUT2D eigenvalue weighted by Crippen LogP contribution is -2.51. The Kier molecular flexibility index (Phi) is 4.28. The Morgan fingerprint density at radius 1 is 1.44 bits per heavy atom. The van der Waals surface area contributed by atoms with Crippen LogP contribution >= 0.6 is 0 Å². The minimum Gasteiger partial charge on any atom is -0.341 e. The van der Waals surface area contributed by atoms with Gasteiger partial charge < -0.3 is 9.88 Å². The third-order valence-electron chi connectivity index (χ3n) is 5.09. The van der Waals surface area contributed by atoms with Crippen molar-refractivity contribution in [3.63, 3.8) is 0 Å². The molecule has 134 valence electrons. The van der Waals surface area contributed by atoms with E-state index >= 15 is 0 Å². The highest BCUT2D eigenvalue weighted by Gasteiger charge is 2.50. The molecule has 2 aromatic rings. The molecule has 0 spiro atoms. The Morgan fingerprint density at radius 3 is 2.80 bits per heavy atom. The zero-order valence-corrected chi connectivity index (χ0v) is 15.0. The van der Waals surface area contributed by atoms with Crippen LogP contribution in [0.1, 0.15) is 38.6 Å². The maximum atomic E-state index is 13.1. The van der Waals surface area contributed by atoms with Gasteiger partial charge in [-0.25, -0.2) is 10.5 Å². The van der Waals surface area contributed by atoms with Crippen LogP contribution < -0.4 is 5.48 Å². The standard InChI is InChI=1S/C18H24N4O3/c1-10(2)14(15(23)21-25)22-8-7-18(4,17(22)24)16-19-12-6-5-11(3)9-13(12)20-16/h5-6,9-10,14,25H,7-8H2,1-4H3,(H,19,20)(H,21,23). The minimum absolute atomic E-state index is 0.114. The van der Waals surface area contributed by atoms with Crippen LogP contribution in [0.4, 0.5) is 0 Å². The zero-order valence-electron chi connectivity index (χ0n) is 15.0. The fraction of sp³-hybridized carbons (Fsp3) is 0.500. The molecule has 2 atom stereocenters. The van der Waals surface area contributed by atoms with Crippen molar-refractivity contribution in [2.24, 2.45) is 5.92 Å². The van der Waals surface area contributed by atoms with Crippen LogP contribution in [0, 0.1) is 12.8 Å². The van der Waals surface area contributed by atoms with Crippen molar-refractivity contribution in [1.82, 2.24) is 20.3 Å². The smallest absolute Gasteiger partial charge is 0.266 e. The van der Waals surface area contributed by atoms with E-state index in [1.807, 2.05) is 45.9 Å². The molecule has 0 aliphatic carbocycles. The number of hydroxylamine groups is 1. The first-order chi connectivity index (χ1) is 11.8. The second-order valence-corrected chi connectivity index (χ2v) is 7.35. The normalized spacial score (nSPS) is 22.0. The van der Waals surface area contributed by atoms with Gasteiger partial charge in [-0.3, -0.25) is 14.8 Å². The highest BCUT2D eigenvalue weighted by molar-refractivity contribution is 5.94. The molecule has 2 heterocycles. The van der Waals surface area contributed by atoms with Crippen LogP contribution in [0.25, 0.3) is 11.0 Å². The third kappa shape index (κ3) is 2.78. The Labute approximate surface area is 146 Å². The SMILES string of the molecule is Cc1ccc2nc(C3(C)CCN(C(C(=O)NO)C(C)C)C3=O)[nH]c2c1. The number of fused-ring (bicyclic) bond motifs is 1. The van der Waals surface area contributed by atoms with Crippen LogP contribution in [-0.2, 0) is 15.0 Å². The van der Waals surface area contributed by atoms with Gasteiger partial charge in [0.05, 0.1) is 11.0 Å². The Hall–Kier alpha value is -2.41. The first kappa shape index (κ1) is 17.4. The summed E-state index contributed by atoms with van der Waals surface area (Å²) < 4.78 is 0. The lowest BCUT2D eigenvalue weighted by Gasteiger charge is -2.30. The Bertz CT molecular complexity index is 829. The maximum absolute atomic E-state index is 13.1. The number of hydrogen-bond acceptors (Lipinski definition) is 4. The molecule has 0 radical (unpaired) electrons. The van der Waals surface area contributed by atoms with E-state index < -0.39 is 17.4 Å². The molecule has 0 saturated carbocycles. The minimum atomic E-state index is -0.810. The second-order valence-electron chi connectivity index (χ2n) is 7.35. The molecule has 2 unspecified atom stereocenters. The molecule has 1 aliphatic heterocycles. The number of carbonyl (C=O) groups excluding carboxylic acids is 2. The average molecular weight is 344 g/mol. The molecule has 0 bridgehead atoms. The molecule has 25 heavy (non-hydrogen) atoms. The van der Waals surface area contributed by atoms with Gasteiger partial charge in [0.2, 0.25) is 5.91 Å². The molecule has 3 N–H and O–H groups in total. The number of imidazole rings is 1. The van der Waals surface area contributed by atoms with Gasteiger partial charge in [-0.05, 0) is 43.9 Å². The maximum Gasteiger partial charge on any atom is 0.266 e. The summed E-state index contributed by atoms with van der Waals surface area (Å²) in [6.07, 6.45) is 0.562. The van der Waals surface area contributed by atoms with Gasteiger partial charge >= 0.3 is 0 Å². The van der Waals surface area contributed by atoms with Crippen molar-refractivity contribution in [1.29, 1.82) is 0 Å². The van der Waals surface area contributed by atoms with Crippen molar-refractivity contribution in [2.45, 2.75) is 45.6 Å². The van der Waals surface area contributed by atoms with Gasteiger partial charge in [-0.15, -0.1) is 0 Å². The number of rotatable bonds is 4. The number of benzene rings is 1. The molecule has 1 aliphatic rings. The van der Waals surface area contributed by atoms with Crippen LogP contribution in [0.2, 0.25) is 0 Å². The fourth-order valence-corrected chi connectivity index (χ4v) is 3.61. The fourth-order valence-electron chi connectivity index (χ4n) is 3.61. The van der Waals surface area contributed by atoms with E-state index in [1.54, 1.807) is 10.4 Å². The van der Waals surface area contributed by atoms with E-state index in [-0.39, 0.29) is 11.8 Å². The van der Waals surface area contributed by atoms with E-state index in [1.165, 1.54) is 0 Å². The second kappa shape index (κ2) is 6.15. The van der Waals surface area contributed by atoms with Crippen LogP contribution in [-0.4, -0.2) is 44.5 Å². The number of nitrogens with zero attached hydrogens (tertiary/aromatic N) is 2. The van der Waals surface area contributed by atoms with Crippen LogP contribution in [0.15, 0.2) is 18.2 Å². The largest absolute Gasteiger partial charge is 0.341 e. The summed E-state index contributed by atoms with van der Waals surface area (Å²) >= 11 is 0. The lowest BCUT2D eigenvalue weighted by molar-refractivity contribution is -0.145. The summed E-state index contributed by atoms with van der Waals surface area (Å²) in [5.41, 5.74) is 3.71. The summed E-state index contributed by atoms with van der Waals surface area (Å²) in [7, 11) is 0. The predicted molar refractivity (Wildman–Crippen MR) is 93.1 cm³/mol. The van der Waals surface area contributed by atoms with E-state index in [0.29, 0.717) is 18.8 Å². The van der Waals surface area contributed by atoms with Gasteiger partial charge in [0, 0.05) is 6.54 Å². The molecule has 1 aromatic heterocycles. The quantitative estimate of drug-likeness (QED) is 0.583. The van der Waals surface area contributed by atoms with Crippen LogP contribution in [0.5, 0.6) is 0 Å². The molecule has 1 fully saturated rings. The highest BCUT2D eigenvalue weighted by atomic mass is 16.5. The molecular weight excluding hydrogens is 320 g/mol. The Morgan fingerprint density at radius 2 is 2.16 bits per heavy atom. The average Bonchev–Trinajstić information content (AvgIpc) is 3.11. The number of aryl methyl sites for hydroxylation is 1. The summed E-state index contributed by atoms with van der Waals surface area (Å²) in [6.45, 7) is 8.01. The Balaban J connectivity index is 1.96.